The van der Waals surface area contributed by atoms with Gasteiger partial charge < -0.3 is 4.74 Å². The molecule has 0 heterocycles. The second kappa shape index (κ2) is 4.01. The van der Waals surface area contributed by atoms with Gasteiger partial charge in [-0.2, -0.15) is 0 Å². The van der Waals surface area contributed by atoms with Crippen LogP contribution in [0.1, 0.15) is 23.6 Å². The first-order valence-electron chi connectivity index (χ1n) is 4.74. The van der Waals surface area contributed by atoms with Crippen LogP contribution in [0.2, 0.25) is 0 Å². The molecule has 1 aromatic rings. The standard InChI is InChI=1S/C12H15FO2/c1-8-5-6-10(7-9(8)2)12(3,13)11(14)15-4/h5-7H,1-4H3. The Kier molecular flexibility index (Phi) is 3.12. The summed E-state index contributed by atoms with van der Waals surface area (Å²) in [6, 6.07) is 5.08. The molecular weight excluding hydrogens is 195 g/mol. The number of esters is 1. The molecule has 0 aliphatic carbocycles. The molecule has 0 amide bonds. The van der Waals surface area contributed by atoms with Crippen molar-refractivity contribution in [3.05, 3.63) is 34.9 Å². The number of methoxy groups -OCH3 is 1. The zero-order valence-corrected chi connectivity index (χ0v) is 9.43. The molecular formula is C12H15FO2. The molecule has 0 radical (unpaired) electrons. The average molecular weight is 210 g/mol. The normalized spacial score (nSPS) is 14.5. The summed E-state index contributed by atoms with van der Waals surface area (Å²) < 4.78 is 18.5. The van der Waals surface area contributed by atoms with Gasteiger partial charge >= 0.3 is 5.97 Å². The van der Waals surface area contributed by atoms with Crippen LogP contribution < -0.4 is 0 Å². The van der Waals surface area contributed by atoms with E-state index in [2.05, 4.69) is 4.74 Å². The second-order valence-electron chi connectivity index (χ2n) is 3.79. The van der Waals surface area contributed by atoms with Gasteiger partial charge in [-0.05, 0) is 31.9 Å². The summed E-state index contributed by atoms with van der Waals surface area (Å²) >= 11 is 0. The number of aryl methyl sites for hydroxylation is 2. The fraction of sp³-hybridized carbons (Fsp3) is 0.417. The van der Waals surface area contributed by atoms with Gasteiger partial charge in [0.25, 0.3) is 0 Å². The third-order valence-corrected chi connectivity index (χ3v) is 2.62. The summed E-state index contributed by atoms with van der Waals surface area (Å²) in [7, 11) is 1.18. The first-order valence-corrected chi connectivity index (χ1v) is 4.74. The third kappa shape index (κ3) is 2.17. The maximum atomic E-state index is 14.1. The predicted molar refractivity (Wildman–Crippen MR) is 56.4 cm³/mol. The summed E-state index contributed by atoms with van der Waals surface area (Å²) in [6.45, 7) is 5.03. The Bertz CT molecular complexity index is 383. The van der Waals surface area contributed by atoms with E-state index in [9.17, 15) is 9.18 Å². The Morgan fingerprint density at radius 1 is 1.33 bits per heavy atom. The summed E-state index contributed by atoms with van der Waals surface area (Å²) in [5.41, 5.74) is 0.282. The number of ether oxygens (including phenoxy) is 1. The number of hydrogen-bond donors (Lipinski definition) is 0. The molecule has 82 valence electrons. The highest BCUT2D eigenvalue weighted by Gasteiger charge is 2.36. The zero-order valence-electron chi connectivity index (χ0n) is 9.43. The highest BCUT2D eigenvalue weighted by Crippen LogP contribution is 2.28. The number of hydrogen-bond acceptors (Lipinski definition) is 2. The molecule has 0 aromatic heterocycles. The molecule has 2 nitrogen and oxygen atoms in total. The summed E-state index contributed by atoms with van der Waals surface area (Å²) in [5, 5.41) is 0. The SMILES string of the molecule is COC(=O)C(C)(F)c1ccc(C)c(C)c1. The van der Waals surface area contributed by atoms with E-state index in [4.69, 9.17) is 0 Å². The van der Waals surface area contributed by atoms with E-state index in [1.807, 2.05) is 13.8 Å². The van der Waals surface area contributed by atoms with Gasteiger partial charge in [0.05, 0.1) is 7.11 Å². The van der Waals surface area contributed by atoms with Gasteiger partial charge in [-0.15, -0.1) is 0 Å². The van der Waals surface area contributed by atoms with E-state index >= 15 is 0 Å². The number of rotatable bonds is 2. The minimum atomic E-state index is -2.08. The maximum Gasteiger partial charge on any atom is 0.348 e. The number of carbonyl (C=O) groups is 1. The lowest BCUT2D eigenvalue weighted by Gasteiger charge is -2.18. The first-order chi connectivity index (χ1) is 6.89. The molecule has 1 aromatic carbocycles. The molecule has 3 heteroatoms. The van der Waals surface area contributed by atoms with Crippen molar-refractivity contribution in [3.63, 3.8) is 0 Å². The highest BCUT2D eigenvalue weighted by atomic mass is 19.1. The largest absolute Gasteiger partial charge is 0.466 e. The van der Waals surface area contributed by atoms with Crippen LogP contribution in [-0.4, -0.2) is 13.1 Å². The number of halogens is 1. The van der Waals surface area contributed by atoms with Crippen LogP contribution in [0.4, 0.5) is 4.39 Å². The number of benzene rings is 1. The Labute approximate surface area is 89.1 Å². The van der Waals surface area contributed by atoms with Crippen molar-refractivity contribution in [2.24, 2.45) is 0 Å². The van der Waals surface area contributed by atoms with Crippen LogP contribution >= 0.6 is 0 Å². The van der Waals surface area contributed by atoms with E-state index < -0.39 is 11.6 Å². The molecule has 0 saturated carbocycles. The van der Waals surface area contributed by atoms with Crippen molar-refractivity contribution in [1.82, 2.24) is 0 Å². The Balaban J connectivity index is 3.16. The van der Waals surface area contributed by atoms with Gasteiger partial charge in [0, 0.05) is 5.56 Å². The molecule has 0 aliphatic rings. The van der Waals surface area contributed by atoms with Crippen LogP contribution in [0.5, 0.6) is 0 Å². The van der Waals surface area contributed by atoms with E-state index in [0.29, 0.717) is 5.56 Å². The quantitative estimate of drug-likeness (QED) is 0.701. The highest BCUT2D eigenvalue weighted by molar-refractivity contribution is 5.80. The third-order valence-electron chi connectivity index (χ3n) is 2.62. The van der Waals surface area contributed by atoms with Gasteiger partial charge in [-0.3, -0.25) is 0 Å². The Morgan fingerprint density at radius 2 is 1.93 bits per heavy atom. The fourth-order valence-electron chi connectivity index (χ4n) is 1.34. The monoisotopic (exact) mass is 210 g/mol. The van der Waals surface area contributed by atoms with Gasteiger partial charge in [0.15, 0.2) is 0 Å². The van der Waals surface area contributed by atoms with E-state index in [-0.39, 0.29) is 0 Å². The van der Waals surface area contributed by atoms with Gasteiger partial charge in [-0.1, -0.05) is 18.2 Å². The molecule has 15 heavy (non-hydrogen) atoms. The van der Waals surface area contributed by atoms with Crippen molar-refractivity contribution in [2.45, 2.75) is 26.4 Å². The molecule has 1 rings (SSSR count). The van der Waals surface area contributed by atoms with Gasteiger partial charge in [-0.25, -0.2) is 9.18 Å². The van der Waals surface area contributed by atoms with Crippen molar-refractivity contribution in [2.75, 3.05) is 7.11 Å². The van der Waals surface area contributed by atoms with Crippen LogP contribution in [-0.2, 0) is 15.2 Å². The lowest BCUT2D eigenvalue weighted by atomic mass is 9.95. The minimum Gasteiger partial charge on any atom is -0.466 e. The van der Waals surface area contributed by atoms with Crippen LogP contribution in [0.3, 0.4) is 0 Å². The predicted octanol–water partition coefficient (Wildman–Crippen LogP) is 2.66. The lowest BCUT2D eigenvalue weighted by Crippen LogP contribution is -2.28. The fourth-order valence-corrected chi connectivity index (χ4v) is 1.34. The van der Waals surface area contributed by atoms with E-state index in [1.54, 1.807) is 18.2 Å². The maximum absolute atomic E-state index is 14.1. The van der Waals surface area contributed by atoms with Crippen molar-refractivity contribution >= 4 is 5.97 Å². The second-order valence-corrected chi connectivity index (χ2v) is 3.79. The number of carbonyl (C=O) groups excluding carboxylic acids is 1. The summed E-state index contributed by atoms with van der Waals surface area (Å²) in [6.07, 6.45) is 0. The molecule has 0 fully saturated rings. The van der Waals surface area contributed by atoms with Crippen molar-refractivity contribution in [1.29, 1.82) is 0 Å². The van der Waals surface area contributed by atoms with Crippen LogP contribution in [0.25, 0.3) is 0 Å². The molecule has 0 N–H and O–H groups in total. The molecule has 0 saturated heterocycles. The zero-order chi connectivity index (χ0) is 11.6. The van der Waals surface area contributed by atoms with Crippen LogP contribution in [0.15, 0.2) is 18.2 Å². The van der Waals surface area contributed by atoms with Gasteiger partial charge in [0.2, 0.25) is 5.67 Å². The van der Waals surface area contributed by atoms with Crippen LogP contribution in [0, 0.1) is 13.8 Å². The lowest BCUT2D eigenvalue weighted by molar-refractivity contribution is -0.154. The van der Waals surface area contributed by atoms with Crippen molar-refractivity contribution < 1.29 is 13.9 Å². The van der Waals surface area contributed by atoms with E-state index in [0.717, 1.165) is 11.1 Å². The average Bonchev–Trinajstić information content (AvgIpc) is 2.20. The smallest absolute Gasteiger partial charge is 0.348 e. The van der Waals surface area contributed by atoms with Gasteiger partial charge in [0.1, 0.15) is 0 Å². The Morgan fingerprint density at radius 3 is 2.40 bits per heavy atom. The topological polar surface area (TPSA) is 26.3 Å². The van der Waals surface area contributed by atoms with Crippen molar-refractivity contribution in [3.8, 4) is 0 Å². The molecule has 0 bridgehead atoms. The summed E-state index contributed by atoms with van der Waals surface area (Å²) in [5.74, 6) is -0.870. The molecule has 1 atom stereocenters. The molecule has 1 unspecified atom stereocenters. The minimum absolute atomic E-state index is 0.331. The molecule has 0 aliphatic heterocycles. The van der Waals surface area contributed by atoms with E-state index in [1.165, 1.54) is 14.0 Å². The first kappa shape index (κ1) is 11.7. The Hall–Kier alpha value is -1.38. The number of alkyl halides is 1. The summed E-state index contributed by atoms with van der Waals surface area (Å²) in [4.78, 5) is 11.2. The molecule has 0 spiro atoms.